The van der Waals surface area contributed by atoms with Crippen LogP contribution in [0.3, 0.4) is 0 Å². The third-order valence-electron chi connectivity index (χ3n) is 3.58. The van der Waals surface area contributed by atoms with Gasteiger partial charge < -0.3 is 14.6 Å². The van der Waals surface area contributed by atoms with Gasteiger partial charge in [-0.05, 0) is 36.4 Å². The molecule has 3 rings (SSSR count). The Morgan fingerprint density at radius 3 is 2.27 bits per heavy atom. The Labute approximate surface area is 155 Å². The quantitative estimate of drug-likeness (QED) is 0.611. The van der Waals surface area contributed by atoms with Crippen molar-refractivity contribution in [1.29, 1.82) is 0 Å². The van der Waals surface area contributed by atoms with E-state index < -0.39 is 6.03 Å². The predicted molar refractivity (Wildman–Crippen MR) is 105 cm³/mol. The molecule has 1 heterocycles. The molecule has 2 amide bonds. The Hall–Kier alpha value is -3.28. The molecule has 0 radical (unpaired) electrons. The number of ether oxygens (including phenoxy) is 1. The fourth-order valence-corrected chi connectivity index (χ4v) is 2.20. The van der Waals surface area contributed by atoms with Crippen molar-refractivity contribution in [2.45, 2.75) is 26.2 Å². The molecule has 0 fully saturated rings. The normalized spacial score (nSPS) is 11.0. The number of hydrogen-bond donors (Lipinski definition) is 2. The average Bonchev–Trinajstić information content (AvgIpc) is 3.06. The van der Waals surface area contributed by atoms with Crippen LogP contribution < -0.4 is 15.4 Å². The zero-order chi connectivity index (χ0) is 18.6. The number of nitrogens with one attached hydrogen (secondary N) is 2. The van der Waals surface area contributed by atoms with Crippen molar-refractivity contribution in [1.82, 2.24) is 5.16 Å². The molecule has 3 aromatic rings. The molecule has 26 heavy (non-hydrogen) atoms. The second-order valence-electron chi connectivity index (χ2n) is 6.85. The van der Waals surface area contributed by atoms with Gasteiger partial charge in [0.1, 0.15) is 17.3 Å². The molecule has 0 saturated carbocycles. The number of benzene rings is 2. The fourth-order valence-electron chi connectivity index (χ4n) is 2.20. The van der Waals surface area contributed by atoms with Gasteiger partial charge in [0.25, 0.3) is 0 Å². The minimum atomic E-state index is -0.393. The average molecular weight is 355 g/mol. The van der Waals surface area contributed by atoms with Gasteiger partial charge in [-0.15, -0.1) is 0 Å². The maximum atomic E-state index is 12.1. The maximum absolute atomic E-state index is 12.1. The van der Waals surface area contributed by atoms with Gasteiger partial charge in [0.15, 0.2) is 5.82 Å². The highest BCUT2D eigenvalue weighted by Crippen LogP contribution is 2.25. The zero-order valence-electron chi connectivity index (χ0n) is 14.9. The van der Waals surface area contributed by atoms with Crippen LogP contribution in [0, 0.1) is 0 Å². The highest BCUT2D eigenvalue weighted by molar-refractivity contribution is 5.99. The number of carbonyl (C=O) groups excluding carboxylic acids is 1. The number of urea groups is 1. The van der Waals surface area contributed by atoms with Crippen LogP contribution in [0.15, 0.2) is 65.2 Å². The van der Waals surface area contributed by atoms with Crippen molar-refractivity contribution < 1.29 is 16.9 Å². The largest absolute Gasteiger partial charge is 0.457 e. The summed E-state index contributed by atoms with van der Waals surface area (Å²) in [6, 6.07) is 17.9. The van der Waals surface area contributed by atoms with Gasteiger partial charge in [-0.3, -0.25) is 5.32 Å². The molecule has 0 saturated heterocycles. The molecule has 0 unspecified atom stereocenters. The van der Waals surface area contributed by atoms with Gasteiger partial charge >= 0.3 is 6.03 Å². The van der Waals surface area contributed by atoms with Gasteiger partial charge in [-0.25, -0.2) is 4.79 Å². The first-order valence-corrected chi connectivity index (χ1v) is 8.28. The summed E-state index contributed by atoms with van der Waals surface area (Å²) in [4.78, 5) is 12.1. The lowest BCUT2D eigenvalue weighted by atomic mass is 9.93. The van der Waals surface area contributed by atoms with Crippen molar-refractivity contribution in [3.05, 3.63) is 66.4 Å². The van der Waals surface area contributed by atoms with Crippen LogP contribution in [0.5, 0.6) is 11.5 Å². The summed E-state index contributed by atoms with van der Waals surface area (Å²) in [6.45, 7) is 6.03. The molecule has 2 aromatic carbocycles. The Bertz CT molecular complexity index is 876. The number of anilines is 2. The standard InChI is InChI=1S/C20H21N3O3.2H2/c1-20(2,3)17-13-18(23-26-17)22-19(24)21-14-9-11-16(12-10-14)25-15-7-5-4-6-8-15;;/h4-13H,1-3H3,(H2,21,22,23,24);2*1H. The van der Waals surface area contributed by atoms with Crippen LogP contribution in [0.2, 0.25) is 0 Å². The summed E-state index contributed by atoms with van der Waals surface area (Å²) < 4.78 is 11.0. The van der Waals surface area contributed by atoms with Crippen LogP contribution in [0.4, 0.5) is 16.3 Å². The first-order chi connectivity index (χ1) is 12.4. The molecule has 0 atom stereocenters. The molecule has 138 valence electrons. The van der Waals surface area contributed by atoms with Crippen molar-refractivity contribution in [2.24, 2.45) is 0 Å². The summed E-state index contributed by atoms with van der Waals surface area (Å²) in [5.74, 6) is 2.52. The molecule has 0 bridgehead atoms. The highest BCUT2D eigenvalue weighted by Gasteiger charge is 2.20. The molecule has 0 spiro atoms. The maximum Gasteiger partial charge on any atom is 0.324 e. The third-order valence-corrected chi connectivity index (χ3v) is 3.58. The molecular weight excluding hydrogens is 330 g/mol. The van der Waals surface area contributed by atoms with Gasteiger partial charge in [-0.1, -0.05) is 44.1 Å². The zero-order valence-corrected chi connectivity index (χ0v) is 14.9. The van der Waals surface area contributed by atoms with Crippen LogP contribution in [-0.2, 0) is 5.41 Å². The molecule has 1 aromatic heterocycles. The van der Waals surface area contributed by atoms with E-state index in [9.17, 15) is 4.79 Å². The van der Waals surface area contributed by atoms with Crippen LogP contribution in [0.25, 0.3) is 0 Å². The van der Waals surface area contributed by atoms with E-state index in [2.05, 4.69) is 15.8 Å². The fraction of sp³-hybridized carbons (Fsp3) is 0.200. The molecule has 0 aliphatic heterocycles. The number of nitrogens with zero attached hydrogens (tertiary/aromatic N) is 1. The smallest absolute Gasteiger partial charge is 0.324 e. The lowest BCUT2D eigenvalue weighted by Crippen LogP contribution is -2.19. The second-order valence-corrected chi connectivity index (χ2v) is 6.85. The summed E-state index contributed by atoms with van der Waals surface area (Å²) in [6.07, 6.45) is 0. The van der Waals surface area contributed by atoms with Crippen molar-refractivity contribution >= 4 is 17.5 Å². The van der Waals surface area contributed by atoms with E-state index in [1.54, 1.807) is 30.3 Å². The molecular formula is C20H25N3O3. The predicted octanol–water partition coefficient (Wildman–Crippen LogP) is 5.90. The first-order valence-electron chi connectivity index (χ1n) is 8.28. The number of rotatable bonds is 4. The summed E-state index contributed by atoms with van der Waals surface area (Å²) >= 11 is 0. The Morgan fingerprint density at radius 1 is 1.00 bits per heavy atom. The van der Waals surface area contributed by atoms with Crippen molar-refractivity contribution in [3.8, 4) is 11.5 Å². The Kier molecular flexibility index (Phi) is 4.93. The topological polar surface area (TPSA) is 76.4 Å². The summed E-state index contributed by atoms with van der Waals surface area (Å²) in [7, 11) is 0. The molecule has 0 aliphatic rings. The van der Waals surface area contributed by atoms with E-state index in [0.717, 1.165) is 5.75 Å². The first kappa shape index (κ1) is 17.5. The minimum Gasteiger partial charge on any atom is -0.457 e. The van der Waals surface area contributed by atoms with Gasteiger partial charge in [0.05, 0.1) is 0 Å². The number of carbonyl (C=O) groups is 1. The number of aromatic nitrogens is 1. The summed E-state index contributed by atoms with van der Waals surface area (Å²) in [5, 5.41) is 9.25. The van der Waals surface area contributed by atoms with E-state index in [1.165, 1.54) is 0 Å². The van der Waals surface area contributed by atoms with Crippen LogP contribution in [-0.4, -0.2) is 11.2 Å². The van der Waals surface area contributed by atoms with E-state index in [0.29, 0.717) is 23.0 Å². The van der Waals surface area contributed by atoms with Gasteiger partial charge in [0.2, 0.25) is 0 Å². The van der Waals surface area contributed by atoms with Gasteiger partial charge in [-0.2, -0.15) is 0 Å². The number of hydrogen-bond acceptors (Lipinski definition) is 4. The molecule has 0 aliphatic carbocycles. The minimum absolute atomic E-state index is 0. The third kappa shape index (κ3) is 4.63. The molecule has 6 heteroatoms. The van der Waals surface area contributed by atoms with E-state index in [1.807, 2.05) is 51.1 Å². The van der Waals surface area contributed by atoms with Crippen molar-refractivity contribution in [2.75, 3.05) is 10.6 Å². The monoisotopic (exact) mass is 355 g/mol. The Morgan fingerprint density at radius 2 is 1.65 bits per heavy atom. The van der Waals surface area contributed by atoms with E-state index in [-0.39, 0.29) is 8.27 Å². The Balaban J connectivity index is 0.00000196. The second kappa shape index (κ2) is 7.31. The highest BCUT2D eigenvalue weighted by atomic mass is 16.5. The van der Waals surface area contributed by atoms with Gasteiger partial charge in [0, 0.05) is 20.0 Å². The van der Waals surface area contributed by atoms with E-state index >= 15 is 0 Å². The molecule has 6 nitrogen and oxygen atoms in total. The van der Waals surface area contributed by atoms with Crippen LogP contribution >= 0.6 is 0 Å². The SMILES string of the molecule is CC(C)(C)c1cc(NC(=O)Nc2ccc(Oc3ccccc3)cc2)no1.[HH].[HH]. The summed E-state index contributed by atoms with van der Waals surface area (Å²) in [5.41, 5.74) is 0.472. The van der Waals surface area contributed by atoms with E-state index in [4.69, 9.17) is 9.26 Å². The number of para-hydroxylation sites is 1. The number of amides is 2. The lowest BCUT2D eigenvalue weighted by molar-refractivity contribution is 0.262. The van der Waals surface area contributed by atoms with Crippen molar-refractivity contribution in [3.63, 3.8) is 0 Å². The van der Waals surface area contributed by atoms with Crippen LogP contribution in [0.1, 0.15) is 29.4 Å². The lowest BCUT2D eigenvalue weighted by Gasteiger charge is -2.12. The molecule has 2 N–H and O–H groups in total.